The van der Waals surface area contributed by atoms with Gasteiger partial charge in [-0.1, -0.05) is 55.8 Å². The summed E-state index contributed by atoms with van der Waals surface area (Å²) in [7, 11) is 0. The molecule has 2 aromatic rings. The summed E-state index contributed by atoms with van der Waals surface area (Å²) in [4.78, 5) is 0. The molecule has 0 aliphatic rings. The van der Waals surface area contributed by atoms with Crippen LogP contribution in [0.4, 0.5) is 0 Å². The largest absolute Gasteiger partial charge is 0.0654 e. The average Bonchev–Trinajstić information content (AvgIpc) is 2.26. The quantitative estimate of drug-likeness (QED) is 0.671. The van der Waals surface area contributed by atoms with Gasteiger partial charge in [-0.25, -0.2) is 0 Å². The van der Waals surface area contributed by atoms with Gasteiger partial charge in [0.15, 0.2) is 0 Å². The van der Waals surface area contributed by atoms with E-state index >= 15 is 0 Å². The summed E-state index contributed by atoms with van der Waals surface area (Å²) >= 11 is 0. The maximum Gasteiger partial charge on any atom is -0.0152 e. The molecule has 0 aliphatic carbocycles. The normalized spacial score (nSPS) is 10.6. The minimum absolute atomic E-state index is 1.21. The zero-order valence-corrected chi connectivity index (χ0v) is 8.66. The summed E-state index contributed by atoms with van der Waals surface area (Å²) in [5.74, 6) is 0. The maximum atomic E-state index is 2.25. The van der Waals surface area contributed by atoms with Gasteiger partial charge in [0.2, 0.25) is 0 Å². The van der Waals surface area contributed by atoms with Gasteiger partial charge in [0.05, 0.1) is 0 Å². The minimum atomic E-state index is 1.21. The molecule has 0 heteroatoms. The summed E-state index contributed by atoms with van der Waals surface area (Å²) in [5, 5.41) is 2.78. The summed E-state index contributed by atoms with van der Waals surface area (Å²) < 4.78 is 0. The molecule has 0 N–H and O–H groups in total. The smallest absolute Gasteiger partial charge is 0.0152 e. The molecule has 0 saturated heterocycles. The van der Waals surface area contributed by atoms with Crippen LogP contribution in [0.3, 0.4) is 0 Å². The molecule has 0 spiro atoms. The fourth-order valence-electron chi connectivity index (χ4n) is 1.88. The molecule has 0 amide bonds. The van der Waals surface area contributed by atoms with Crippen LogP contribution in [-0.4, -0.2) is 0 Å². The Kier molecular flexibility index (Phi) is 2.83. The van der Waals surface area contributed by atoms with E-state index in [0.29, 0.717) is 0 Å². The van der Waals surface area contributed by atoms with Crippen LogP contribution in [0.1, 0.15) is 25.3 Å². The van der Waals surface area contributed by atoms with Crippen molar-refractivity contribution in [3.05, 3.63) is 48.0 Å². The summed E-state index contributed by atoms with van der Waals surface area (Å²) in [6.07, 6.45) is 3.76. The Hall–Kier alpha value is -1.30. The van der Waals surface area contributed by atoms with Crippen LogP contribution in [0.5, 0.6) is 0 Å². The number of rotatable bonds is 3. The third-order valence-electron chi connectivity index (χ3n) is 2.68. The topological polar surface area (TPSA) is 0 Å². The molecule has 0 aromatic heterocycles. The Labute approximate surface area is 85.6 Å². The van der Waals surface area contributed by atoms with Crippen LogP contribution >= 0.6 is 0 Å². The fraction of sp³-hybridized carbons (Fsp3) is 0.286. The van der Waals surface area contributed by atoms with Gasteiger partial charge < -0.3 is 0 Å². The molecule has 0 fully saturated rings. The highest BCUT2D eigenvalue weighted by Crippen LogP contribution is 2.19. The summed E-state index contributed by atoms with van der Waals surface area (Å²) in [6, 6.07) is 15.2. The minimum Gasteiger partial charge on any atom is -0.0654 e. The number of fused-ring (bicyclic) bond motifs is 1. The summed E-state index contributed by atoms with van der Waals surface area (Å²) in [5.41, 5.74) is 1.49. The maximum absolute atomic E-state index is 2.25. The second kappa shape index (κ2) is 4.28. The molecule has 0 heterocycles. The predicted molar refractivity (Wildman–Crippen MR) is 62.6 cm³/mol. The van der Waals surface area contributed by atoms with Crippen LogP contribution in [0, 0.1) is 0 Å². The van der Waals surface area contributed by atoms with Crippen LogP contribution < -0.4 is 0 Å². The first kappa shape index (κ1) is 9.26. The van der Waals surface area contributed by atoms with Gasteiger partial charge in [0, 0.05) is 0 Å². The van der Waals surface area contributed by atoms with Crippen molar-refractivity contribution in [3.63, 3.8) is 0 Å². The van der Waals surface area contributed by atoms with Crippen LogP contribution in [-0.2, 0) is 6.42 Å². The van der Waals surface area contributed by atoms with E-state index in [-0.39, 0.29) is 0 Å². The van der Waals surface area contributed by atoms with Gasteiger partial charge >= 0.3 is 0 Å². The lowest BCUT2D eigenvalue weighted by molar-refractivity contribution is 0.799. The van der Waals surface area contributed by atoms with E-state index in [2.05, 4.69) is 49.4 Å². The third kappa shape index (κ3) is 1.79. The van der Waals surface area contributed by atoms with Crippen molar-refractivity contribution in [1.29, 1.82) is 0 Å². The first-order chi connectivity index (χ1) is 6.92. The second-order valence-corrected chi connectivity index (χ2v) is 3.74. The van der Waals surface area contributed by atoms with Gasteiger partial charge in [-0.2, -0.15) is 0 Å². The van der Waals surface area contributed by atoms with E-state index in [1.165, 1.54) is 35.6 Å². The lowest BCUT2D eigenvalue weighted by Crippen LogP contribution is -1.86. The monoisotopic (exact) mass is 184 g/mol. The first-order valence-electron chi connectivity index (χ1n) is 5.38. The molecule has 0 atom stereocenters. The Morgan fingerprint density at radius 3 is 2.57 bits per heavy atom. The van der Waals surface area contributed by atoms with Gasteiger partial charge in [-0.05, 0) is 29.2 Å². The van der Waals surface area contributed by atoms with Crippen molar-refractivity contribution in [3.8, 4) is 0 Å². The van der Waals surface area contributed by atoms with Crippen molar-refractivity contribution in [2.75, 3.05) is 0 Å². The molecule has 14 heavy (non-hydrogen) atoms. The van der Waals surface area contributed by atoms with Crippen molar-refractivity contribution < 1.29 is 0 Å². The molecule has 72 valence electrons. The molecule has 0 aliphatic heterocycles. The predicted octanol–water partition coefficient (Wildman–Crippen LogP) is 4.18. The van der Waals surface area contributed by atoms with E-state index in [1.54, 1.807) is 0 Å². The van der Waals surface area contributed by atoms with E-state index < -0.39 is 0 Å². The van der Waals surface area contributed by atoms with Crippen molar-refractivity contribution in [1.82, 2.24) is 0 Å². The highest BCUT2D eigenvalue weighted by Gasteiger charge is 1.98. The lowest BCUT2D eigenvalue weighted by atomic mass is 10.0. The van der Waals surface area contributed by atoms with Crippen molar-refractivity contribution in [2.45, 2.75) is 26.2 Å². The van der Waals surface area contributed by atoms with Crippen molar-refractivity contribution in [2.24, 2.45) is 0 Å². The van der Waals surface area contributed by atoms with Crippen LogP contribution in [0.15, 0.2) is 42.5 Å². The van der Waals surface area contributed by atoms with Gasteiger partial charge in [0.25, 0.3) is 0 Å². The number of hydrogen-bond acceptors (Lipinski definition) is 0. The Morgan fingerprint density at radius 2 is 1.71 bits per heavy atom. The number of unbranched alkanes of at least 4 members (excludes halogenated alkanes) is 1. The molecule has 0 unspecified atom stereocenters. The lowest BCUT2D eigenvalue weighted by Gasteiger charge is -2.04. The van der Waals surface area contributed by atoms with Gasteiger partial charge in [0.1, 0.15) is 0 Å². The number of aryl methyl sites for hydroxylation is 1. The van der Waals surface area contributed by atoms with Crippen LogP contribution in [0.25, 0.3) is 10.8 Å². The molecule has 2 rings (SSSR count). The highest BCUT2D eigenvalue weighted by atomic mass is 14.0. The SMILES string of the molecule is CCCCc1cccc2ccccc12. The Bertz CT molecular complexity index is 410. The highest BCUT2D eigenvalue weighted by molar-refractivity contribution is 5.85. The molecule has 0 bridgehead atoms. The van der Waals surface area contributed by atoms with Crippen LogP contribution in [0.2, 0.25) is 0 Å². The van der Waals surface area contributed by atoms with E-state index in [9.17, 15) is 0 Å². The first-order valence-corrected chi connectivity index (χ1v) is 5.38. The summed E-state index contributed by atoms with van der Waals surface area (Å²) in [6.45, 7) is 2.24. The zero-order valence-electron chi connectivity index (χ0n) is 8.66. The fourth-order valence-corrected chi connectivity index (χ4v) is 1.88. The van der Waals surface area contributed by atoms with Crippen molar-refractivity contribution >= 4 is 10.8 Å². The van der Waals surface area contributed by atoms with E-state index in [1.807, 2.05) is 0 Å². The molecular formula is C14H16. The number of benzene rings is 2. The average molecular weight is 184 g/mol. The third-order valence-corrected chi connectivity index (χ3v) is 2.68. The molecule has 0 saturated carbocycles. The second-order valence-electron chi connectivity index (χ2n) is 3.74. The Morgan fingerprint density at radius 1 is 0.929 bits per heavy atom. The molecule has 2 aromatic carbocycles. The molecule has 0 nitrogen and oxygen atoms in total. The molecule has 0 radical (unpaired) electrons. The zero-order chi connectivity index (χ0) is 9.80. The Balaban J connectivity index is 2.43. The van der Waals surface area contributed by atoms with E-state index in [4.69, 9.17) is 0 Å². The number of hydrogen-bond donors (Lipinski definition) is 0. The molecular weight excluding hydrogens is 168 g/mol. The van der Waals surface area contributed by atoms with Gasteiger partial charge in [-0.3, -0.25) is 0 Å². The standard InChI is InChI=1S/C14H16/c1-2-3-7-12-9-6-10-13-8-4-5-11-14(12)13/h4-6,8-11H,2-3,7H2,1H3. The van der Waals surface area contributed by atoms with Gasteiger partial charge in [-0.15, -0.1) is 0 Å². The van der Waals surface area contributed by atoms with E-state index in [0.717, 1.165) is 0 Å².